The van der Waals surface area contributed by atoms with Crippen LogP contribution in [0.25, 0.3) is 0 Å². The molecule has 0 aliphatic rings. The van der Waals surface area contributed by atoms with Gasteiger partial charge in [0.15, 0.2) is 0 Å². The molecule has 0 aliphatic heterocycles. The van der Waals surface area contributed by atoms with Gasteiger partial charge in [0.1, 0.15) is 0 Å². The maximum Gasteiger partial charge on any atom is 0.416 e. The number of alkyl halides is 3. The summed E-state index contributed by atoms with van der Waals surface area (Å²) in [6, 6.07) is 23.5. The van der Waals surface area contributed by atoms with Crippen LogP contribution in [0.1, 0.15) is 5.56 Å². The van der Waals surface area contributed by atoms with E-state index in [0.29, 0.717) is 9.78 Å². The Bertz CT molecular complexity index is 778. The average Bonchev–Trinajstić information content (AvgIpc) is 2.56. The second-order valence-electron chi connectivity index (χ2n) is 5.20. The lowest BCUT2D eigenvalue weighted by atomic mass is 10.2. The van der Waals surface area contributed by atoms with E-state index < -0.39 is 19.7 Å². The molecule has 0 unspecified atom stereocenters. The van der Waals surface area contributed by atoms with E-state index in [2.05, 4.69) is 15.9 Å². The van der Waals surface area contributed by atoms with Crippen molar-refractivity contribution in [2.24, 2.45) is 0 Å². The van der Waals surface area contributed by atoms with Gasteiger partial charge in [0.2, 0.25) is 0 Å². The van der Waals surface area contributed by atoms with Crippen LogP contribution >= 0.6 is 23.9 Å². The van der Waals surface area contributed by atoms with Crippen molar-refractivity contribution in [3.05, 3.63) is 88.9 Å². The standard InChI is InChI=1S/C19H13BrF3P/c20-15-11-14(19(21,22)23)12-18(13-15)24(16-7-3-1-4-8-16)17-9-5-2-6-10-17/h1-13H. The molecule has 122 valence electrons. The van der Waals surface area contributed by atoms with Crippen molar-refractivity contribution in [1.29, 1.82) is 0 Å². The van der Waals surface area contributed by atoms with Gasteiger partial charge in [0.05, 0.1) is 5.56 Å². The van der Waals surface area contributed by atoms with Gasteiger partial charge in [-0.25, -0.2) is 0 Å². The van der Waals surface area contributed by atoms with Crippen LogP contribution in [0.15, 0.2) is 83.3 Å². The molecule has 0 nitrogen and oxygen atoms in total. The summed E-state index contributed by atoms with van der Waals surface area (Å²) in [4.78, 5) is 0. The van der Waals surface area contributed by atoms with Gasteiger partial charge in [-0.15, -0.1) is 0 Å². The first-order valence-electron chi connectivity index (χ1n) is 7.23. The molecule has 3 aromatic rings. The maximum atomic E-state index is 13.2. The highest BCUT2D eigenvalue weighted by Gasteiger charge is 2.32. The molecule has 24 heavy (non-hydrogen) atoms. The second-order valence-corrected chi connectivity index (χ2v) is 8.34. The topological polar surface area (TPSA) is 0 Å². The van der Waals surface area contributed by atoms with Crippen LogP contribution in [0.2, 0.25) is 0 Å². The number of rotatable bonds is 3. The Morgan fingerprint density at radius 3 is 1.62 bits per heavy atom. The molecule has 3 rings (SSSR count). The molecule has 0 amide bonds. The maximum absolute atomic E-state index is 13.2. The minimum absolute atomic E-state index is 0.437. The summed E-state index contributed by atoms with van der Waals surface area (Å²) in [5, 5.41) is 2.71. The third-order valence-corrected chi connectivity index (χ3v) is 6.36. The monoisotopic (exact) mass is 408 g/mol. The Balaban J connectivity index is 2.19. The summed E-state index contributed by atoms with van der Waals surface area (Å²) >= 11 is 3.23. The van der Waals surface area contributed by atoms with E-state index in [9.17, 15) is 13.2 Å². The molecule has 3 aromatic carbocycles. The molecule has 0 aliphatic carbocycles. The summed E-state index contributed by atoms with van der Waals surface area (Å²) in [6.07, 6.45) is -4.37. The van der Waals surface area contributed by atoms with Crippen LogP contribution in [0, 0.1) is 0 Å². The number of hydrogen-bond acceptors (Lipinski definition) is 0. The van der Waals surface area contributed by atoms with Crippen molar-refractivity contribution in [3.8, 4) is 0 Å². The van der Waals surface area contributed by atoms with Crippen molar-refractivity contribution >= 4 is 39.8 Å². The van der Waals surface area contributed by atoms with Gasteiger partial charge in [-0.3, -0.25) is 0 Å². The number of hydrogen-bond donors (Lipinski definition) is 0. The quantitative estimate of drug-likeness (QED) is 0.520. The van der Waals surface area contributed by atoms with Crippen LogP contribution in [-0.4, -0.2) is 0 Å². The van der Waals surface area contributed by atoms with E-state index in [1.165, 1.54) is 6.07 Å². The van der Waals surface area contributed by atoms with Crippen molar-refractivity contribution < 1.29 is 13.2 Å². The zero-order valence-corrected chi connectivity index (χ0v) is 14.9. The summed E-state index contributed by atoms with van der Waals surface area (Å²) < 4.78 is 40.0. The molecule has 0 saturated carbocycles. The lowest BCUT2D eigenvalue weighted by molar-refractivity contribution is -0.137. The van der Waals surface area contributed by atoms with Gasteiger partial charge < -0.3 is 0 Å². The smallest absolute Gasteiger partial charge is 0.166 e. The minimum atomic E-state index is -4.37. The van der Waals surface area contributed by atoms with Crippen molar-refractivity contribution in [1.82, 2.24) is 0 Å². The fourth-order valence-electron chi connectivity index (χ4n) is 2.47. The molecule has 5 heteroatoms. The minimum Gasteiger partial charge on any atom is -0.166 e. The molecule has 0 fully saturated rings. The number of halogens is 4. The summed E-state index contributed by atoms with van der Waals surface area (Å²) in [6.45, 7) is 0. The van der Waals surface area contributed by atoms with Crippen LogP contribution in [0.5, 0.6) is 0 Å². The molecular weight excluding hydrogens is 396 g/mol. The Morgan fingerprint density at radius 1 is 0.667 bits per heavy atom. The molecule has 0 radical (unpaired) electrons. The molecule has 0 saturated heterocycles. The van der Waals surface area contributed by atoms with Crippen LogP contribution in [-0.2, 0) is 6.18 Å². The second kappa shape index (κ2) is 7.08. The average molecular weight is 409 g/mol. The lowest BCUT2D eigenvalue weighted by Crippen LogP contribution is -2.22. The van der Waals surface area contributed by atoms with Crippen LogP contribution in [0.4, 0.5) is 13.2 Å². The highest BCUT2D eigenvalue weighted by atomic mass is 79.9. The molecule has 0 spiro atoms. The zero-order chi connectivity index (χ0) is 17.2. The first kappa shape index (κ1) is 17.2. The predicted octanol–water partition coefficient (Wildman–Crippen LogP) is 5.23. The van der Waals surface area contributed by atoms with E-state index in [1.807, 2.05) is 60.7 Å². The van der Waals surface area contributed by atoms with E-state index in [1.54, 1.807) is 6.07 Å². The zero-order valence-electron chi connectivity index (χ0n) is 12.5. The normalized spacial score (nSPS) is 11.7. The predicted molar refractivity (Wildman–Crippen MR) is 97.9 cm³/mol. The first-order chi connectivity index (χ1) is 11.4. The molecule has 0 bridgehead atoms. The summed E-state index contributed by atoms with van der Waals surface area (Å²) in [7, 11) is -1.06. The van der Waals surface area contributed by atoms with E-state index >= 15 is 0 Å². The van der Waals surface area contributed by atoms with Crippen molar-refractivity contribution in [3.63, 3.8) is 0 Å². The molecule has 0 N–H and O–H groups in total. The van der Waals surface area contributed by atoms with Gasteiger partial charge in [-0.05, 0) is 42.0 Å². The third-order valence-electron chi connectivity index (χ3n) is 3.50. The van der Waals surface area contributed by atoms with Gasteiger partial charge in [-0.2, -0.15) is 13.2 Å². The van der Waals surface area contributed by atoms with Gasteiger partial charge in [0.25, 0.3) is 0 Å². The SMILES string of the molecule is FC(F)(F)c1cc(Br)cc(P(c2ccccc2)c2ccccc2)c1. The Morgan fingerprint density at radius 2 is 1.17 bits per heavy atom. The third kappa shape index (κ3) is 3.88. The molecule has 0 heterocycles. The van der Waals surface area contributed by atoms with E-state index in [-0.39, 0.29) is 0 Å². The van der Waals surface area contributed by atoms with Gasteiger partial charge in [-0.1, -0.05) is 76.6 Å². The highest BCUT2D eigenvalue weighted by Crippen LogP contribution is 2.37. The van der Waals surface area contributed by atoms with Gasteiger partial charge in [0, 0.05) is 4.47 Å². The largest absolute Gasteiger partial charge is 0.416 e. The summed E-state index contributed by atoms with van der Waals surface area (Å²) in [5.74, 6) is 0. The Hall–Kier alpha value is -1.64. The molecule has 0 atom stereocenters. The highest BCUT2D eigenvalue weighted by molar-refractivity contribution is 9.10. The van der Waals surface area contributed by atoms with Gasteiger partial charge >= 0.3 is 6.18 Å². The first-order valence-corrected chi connectivity index (χ1v) is 9.36. The van der Waals surface area contributed by atoms with Crippen molar-refractivity contribution in [2.45, 2.75) is 6.18 Å². The molecular formula is C19H13BrF3P. The fourth-order valence-corrected chi connectivity index (χ4v) is 5.51. The van der Waals surface area contributed by atoms with E-state index in [0.717, 1.165) is 16.7 Å². The number of benzene rings is 3. The lowest BCUT2D eigenvalue weighted by Gasteiger charge is -2.21. The van der Waals surface area contributed by atoms with Crippen LogP contribution in [0.3, 0.4) is 0 Å². The summed E-state index contributed by atoms with van der Waals surface area (Å²) in [5.41, 5.74) is -0.633. The Labute approximate surface area is 148 Å². The fraction of sp³-hybridized carbons (Fsp3) is 0.0526. The Kier molecular flexibility index (Phi) is 5.07. The van der Waals surface area contributed by atoms with Crippen LogP contribution < -0.4 is 15.9 Å². The molecule has 0 aromatic heterocycles. The van der Waals surface area contributed by atoms with Crippen molar-refractivity contribution in [2.75, 3.05) is 0 Å². The van der Waals surface area contributed by atoms with E-state index in [4.69, 9.17) is 0 Å².